The lowest BCUT2D eigenvalue weighted by molar-refractivity contribution is 0.0111. The van der Waals surface area contributed by atoms with Gasteiger partial charge in [0.1, 0.15) is 5.82 Å². The van der Waals surface area contributed by atoms with Gasteiger partial charge in [0.05, 0.1) is 6.61 Å². The second-order valence-corrected chi connectivity index (χ2v) is 5.60. The molecule has 5 heteroatoms. The van der Waals surface area contributed by atoms with Gasteiger partial charge in [-0.25, -0.2) is 4.39 Å². The van der Waals surface area contributed by atoms with Crippen molar-refractivity contribution >= 4 is 15.9 Å². The van der Waals surface area contributed by atoms with Gasteiger partial charge in [0, 0.05) is 29.8 Å². The fourth-order valence-corrected chi connectivity index (χ4v) is 2.67. The predicted molar refractivity (Wildman–Crippen MR) is 70.8 cm³/mol. The SMILES string of the molecule is OCC1(NCc2cc(F)cc(Br)c2)CCOCC1. The summed E-state index contributed by atoms with van der Waals surface area (Å²) in [5, 5.41) is 12.9. The van der Waals surface area contributed by atoms with Crippen LogP contribution in [-0.2, 0) is 11.3 Å². The molecule has 0 saturated carbocycles. The maximum atomic E-state index is 13.2. The molecule has 0 radical (unpaired) electrons. The normalized spacial score (nSPS) is 18.8. The van der Waals surface area contributed by atoms with E-state index in [9.17, 15) is 9.50 Å². The van der Waals surface area contributed by atoms with E-state index in [4.69, 9.17) is 4.74 Å². The molecule has 0 aromatic heterocycles. The third kappa shape index (κ3) is 3.51. The minimum Gasteiger partial charge on any atom is -0.394 e. The largest absolute Gasteiger partial charge is 0.394 e. The topological polar surface area (TPSA) is 41.5 Å². The predicted octanol–water partition coefficient (Wildman–Crippen LogP) is 2.22. The summed E-state index contributed by atoms with van der Waals surface area (Å²) in [5.74, 6) is -0.258. The smallest absolute Gasteiger partial charge is 0.124 e. The van der Waals surface area contributed by atoms with Gasteiger partial charge < -0.3 is 15.2 Å². The van der Waals surface area contributed by atoms with Crippen molar-refractivity contribution in [2.75, 3.05) is 19.8 Å². The van der Waals surface area contributed by atoms with Gasteiger partial charge in [-0.3, -0.25) is 0 Å². The van der Waals surface area contributed by atoms with Crippen LogP contribution < -0.4 is 5.32 Å². The first-order valence-electron chi connectivity index (χ1n) is 6.02. The van der Waals surface area contributed by atoms with E-state index < -0.39 is 0 Å². The van der Waals surface area contributed by atoms with Gasteiger partial charge in [-0.15, -0.1) is 0 Å². The van der Waals surface area contributed by atoms with Crippen LogP contribution in [0.25, 0.3) is 0 Å². The minimum atomic E-state index is -0.295. The average Bonchev–Trinajstić information content (AvgIpc) is 2.36. The second-order valence-electron chi connectivity index (χ2n) is 4.68. The molecule has 0 atom stereocenters. The Hall–Kier alpha value is -0.490. The van der Waals surface area contributed by atoms with E-state index in [2.05, 4.69) is 21.2 Å². The molecule has 2 N–H and O–H groups in total. The summed E-state index contributed by atoms with van der Waals surface area (Å²) >= 11 is 3.27. The molecule has 0 amide bonds. The highest BCUT2D eigenvalue weighted by Crippen LogP contribution is 2.21. The first-order chi connectivity index (χ1) is 8.63. The molecule has 1 aromatic carbocycles. The van der Waals surface area contributed by atoms with Crippen LogP contribution in [0.1, 0.15) is 18.4 Å². The van der Waals surface area contributed by atoms with Gasteiger partial charge in [-0.1, -0.05) is 15.9 Å². The Balaban J connectivity index is 2.00. The molecule has 0 unspecified atom stereocenters. The van der Waals surface area contributed by atoms with Crippen LogP contribution in [0.5, 0.6) is 0 Å². The van der Waals surface area contributed by atoms with Gasteiger partial charge in [0.25, 0.3) is 0 Å². The van der Waals surface area contributed by atoms with Gasteiger partial charge in [-0.05, 0) is 36.6 Å². The van der Waals surface area contributed by atoms with E-state index in [0.717, 1.165) is 22.9 Å². The maximum Gasteiger partial charge on any atom is 0.124 e. The number of nitrogens with one attached hydrogen (secondary N) is 1. The summed E-state index contributed by atoms with van der Waals surface area (Å²) in [6, 6.07) is 4.81. The number of hydrogen-bond acceptors (Lipinski definition) is 3. The van der Waals surface area contributed by atoms with Crippen molar-refractivity contribution in [1.82, 2.24) is 5.32 Å². The Labute approximate surface area is 114 Å². The third-order valence-electron chi connectivity index (χ3n) is 3.34. The molecule has 2 rings (SSSR count). The van der Waals surface area contributed by atoms with Crippen molar-refractivity contribution in [2.24, 2.45) is 0 Å². The van der Waals surface area contributed by atoms with E-state index in [1.54, 1.807) is 0 Å². The number of aliphatic hydroxyl groups excluding tert-OH is 1. The monoisotopic (exact) mass is 317 g/mol. The van der Waals surface area contributed by atoms with E-state index >= 15 is 0 Å². The molecule has 1 aromatic rings. The average molecular weight is 318 g/mol. The number of aliphatic hydroxyl groups is 1. The van der Waals surface area contributed by atoms with Crippen LogP contribution in [0.4, 0.5) is 4.39 Å². The molecule has 3 nitrogen and oxygen atoms in total. The molecule has 1 heterocycles. The van der Waals surface area contributed by atoms with Crippen molar-refractivity contribution in [3.8, 4) is 0 Å². The van der Waals surface area contributed by atoms with E-state index in [-0.39, 0.29) is 18.0 Å². The Morgan fingerprint density at radius 1 is 1.33 bits per heavy atom. The first-order valence-corrected chi connectivity index (χ1v) is 6.81. The molecule has 100 valence electrons. The Kier molecular flexibility index (Phi) is 4.72. The molecular formula is C13H17BrFNO2. The Morgan fingerprint density at radius 3 is 2.67 bits per heavy atom. The lowest BCUT2D eigenvalue weighted by atomic mass is 9.91. The van der Waals surface area contributed by atoms with Crippen LogP contribution in [0.15, 0.2) is 22.7 Å². The first kappa shape index (κ1) is 13.9. The summed E-state index contributed by atoms with van der Waals surface area (Å²) in [5.41, 5.74) is 0.568. The van der Waals surface area contributed by atoms with Crippen LogP contribution >= 0.6 is 15.9 Å². The highest BCUT2D eigenvalue weighted by molar-refractivity contribution is 9.10. The Bertz CT molecular complexity index is 388. The molecule has 1 aliphatic heterocycles. The third-order valence-corrected chi connectivity index (χ3v) is 3.80. The molecule has 1 saturated heterocycles. The summed E-state index contributed by atoms with van der Waals surface area (Å²) in [6.07, 6.45) is 1.56. The maximum absolute atomic E-state index is 13.2. The lowest BCUT2D eigenvalue weighted by Crippen LogP contribution is -2.51. The molecular weight excluding hydrogens is 301 g/mol. The highest BCUT2D eigenvalue weighted by atomic mass is 79.9. The lowest BCUT2D eigenvalue weighted by Gasteiger charge is -2.36. The molecule has 1 aliphatic rings. The summed E-state index contributed by atoms with van der Waals surface area (Å²) in [6.45, 7) is 1.92. The molecule has 0 aliphatic carbocycles. The quantitative estimate of drug-likeness (QED) is 0.894. The van der Waals surface area contributed by atoms with E-state index in [1.165, 1.54) is 12.1 Å². The highest BCUT2D eigenvalue weighted by Gasteiger charge is 2.31. The fourth-order valence-electron chi connectivity index (χ4n) is 2.16. The molecule has 18 heavy (non-hydrogen) atoms. The zero-order valence-corrected chi connectivity index (χ0v) is 11.7. The zero-order valence-electron chi connectivity index (χ0n) is 10.1. The summed E-state index contributed by atoms with van der Waals surface area (Å²) in [7, 11) is 0. The van der Waals surface area contributed by atoms with E-state index in [1.807, 2.05) is 6.07 Å². The van der Waals surface area contributed by atoms with Crippen LogP contribution in [0, 0.1) is 5.82 Å². The zero-order chi connectivity index (χ0) is 13.0. The van der Waals surface area contributed by atoms with Crippen molar-refractivity contribution in [1.29, 1.82) is 0 Å². The van der Waals surface area contributed by atoms with Gasteiger partial charge in [0.15, 0.2) is 0 Å². The number of rotatable bonds is 4. The number of hydrogen-bond donors (Lipinski definition) is 2. The van der Waals surface area contributed by atoms with Crippen LogP contribution in [0.2, 0.25) is 0 Å². The van der Waals surface area contributed by atoms with Crippen molar-refractivity contribution in [3.05, 3.63) is 34.1 Å². The van der Waals surface area contributed by atoms with Crippen molar-refractivity contribution in [2.45, 2.75) is 24.9 Å². The summed E-state index contributed by atoms with van der Waals surface area (Å²) < 4.78 is 19.3. The Morgan fingerprint density at radius 2 is 2.06 bits per heavy atom. The van der Waals surface area contributed by atoms with Crippen molar-refractivity contribution < 1.29 is 14.2 Å². The number of halogens is 2. The van der Waals surface area contributed by atoms with Gasteiger partial charge >= 0.3 is 0 Å². The number of benzene rings is 1. The summed E-state index contributed by atoms with van der Waals surface area (Å²) in [4.78, 5) is 0. The van der Waals surface area contributed by atoms with E-state index in [0.29, 0.717) is 19.8 Å². The molecule has 1 fully saturated rings. The number of ether oxygens (including phenoxy) is 1. The van der Waals surface area contributed by atoms with Crippen molar-refractivity contribution in [3.63, 3.8) is 0 Å². The standard InChI is InChI=1S/C13H17BrFNO2/c14-11-5-10(6-12(15)7-11)8-16-13(9-17)1-3-18-4-2-13/h5-7,16-17H,1-4,8-9H2. The van der Waals surface area contributed by atoms with Gasteiger partial charge in [-0.2, -0.15) is 0 Å². The molecule has 0 bridgehead atoms. The molecule has 0 spiro atoms. The second kappa shape index (κ2) is 6.10. The van der Waals surface area contributed by atoms with Crippen LogP contribution in [0.3, 0.4) is 0 Å². The minimum absolute atomic E-state index is 0.0762. The fraction of sp³-hybridized carbons (Fsp3) is 0.538. The van der Waals surface area contributed by atoms with Crippen LogP contribution in [-0.4, -0.2) is 30.5 Å². The van der Waals surface area contributed by atoms with Gasteiger partial charge in [0.2, 0.25) is 0 Å².